The summed E-state index contributed by atoms with van der Waals surface area (Å²) in [4.78, 5) is 16.5. The molecule has 3 rings (SSSR count). The molecule has 0 N–H and O–H groups in total. The Bertz CT molecular complexity index is 650. The molecule has 0 bridgehead atoms. The number of para-hydroxylation sites is 1. The van der Waals surface area contributed by atoms with Crippen LogP contribution in [0.5, 0.6) is 0 Å². The summed E-state index contributed by atoms with van der Waals surface area (Å²) in [5.74, 6) is -0.253. The number of carbonyl (C=O) groups is 1. The van der Waals surface area contributed by atoms with Crippen molar-refractivity contribution in [3.8, 4) is 0 Å². The van der Waals surface area contributed by atoms with E-state index in [2.05, 4.69) is 23.6 Å². The minimum absolute atomic E-state index is 0.187. The standard InChI is InChI=1S/C10H11FN2.C6H11NO2.C3H8.C2H6/c1-7(2)13-6-12-10-8(11)4-3-5-9(10)13;1-9-6(8)7-4-2-3-5-7;1-3-2;1-2/h3-7H,1-2H3;2-5H2,1H3;3H2,1-2H3;1-2H3. The van der Waals surface area contributed by atoms with Crippen molar-refractivity contribution >= 4 is 17.1 Å². The minimum atomic E-state index is -0.253. The van der Waals surface area contributed by atoms with Crippen LogP contribution in [0.2, 0.25) is 0 Å². The maximum absolute atomic E-state index is 13.2. The predicted molar refractivity (Wildman–Crippen MR) is 111 cm³/mol. The summed E-state index contributed by atoms with van der Waals surface area (Å²) >= 11 is 0. The van der Waals surface area contributed by atoms with Gasteiger partial charge in [0.1, 0.15) is 5.52 Å². The normalized spacial score (nSPS) is 12.4. The Hall–Kier alpha value is -2.11. The molecule has 1 aromatic heterocycles. The number of carbonyl (C=O) groups excluding carboxylic acids is 1. The largest absolute Gasteiger partial charge is 0.453 e. The van der Waals surface area contributed by atoms with Gasteiger partial charge in [-0.15, -0.1) is 0 Å². The van der Waals surface area contributed by atoms with Gasteiger partial charge in [-0.2, -0.15) is 0 Å². The van der Waals surface area contributed by atoms with E-state index in [1.807, 2.05) is 38.3 Å². The van der Waals surface area contributed by atoms with Crippen LogP contribution in [0.1, 0.15) is 66.8 Å². The van der Waals surface area contributed by atoms with Crippen molar-refractivity contribution in [2.24, 2.45) is 0 Å². The van der Waals surface area contributed by atoms with E-state index in [0.29, 0.717) is 11.6 Å². The second kappa shape index (κ2) is 14.0. The van der Waals surface area contributed by atoms with Gasteiger partial charge in [-0.25, -0.2) is 14.2 Å². The molecule has 2 heterocycles. The fraction of sp³-hybridized carbons (Fsp3) is 0.619. The van der Waals surface area contributed by atoms with Crippen LogP contribution in [0, 0.1) is 5.82 Å². The lowest BCUT2D eigenvalue weighted by Crippen LogP contribution is -2.27. The zero-order valence-electron chi connectivity index (χ0n) is 18.0. The van der Waals surface area contributed by atoms with Crippen molar-refractivity contribution in [3.63, 3.8) is 0 Å². The predicted octanol–water partition coefficient (Wildman–Crippen LogP) is 6.05. The molecule has 0 radical (unpaired) electrons. The third-order valence-corrected chi connectivity index (χ3v) is 3.65. The van der Waals surface area contributed by atoms with E-state index in [1.54, 1.807) is 17.3 Å². The monoisotopic (exact) mass is 381 g/mol. The highest BCUT2D eigenvalue weighted by atomic mass is 19.1. The Morgan fingerprint density at radius 1 is 1.22 bits per heavy atom. The molecule has 6 heteroatoms. The van der Waals surface area contributed by atoms with Gasteiger partial charge in [-0.3, -0.25) is 0 Å². The molecule has 0 unspecified atom stereocenters. The van der Waals surface area contributed by atoms with Gasteiger partial charge in [0.25, 0.3) is 0 Å². The highest BCUT2D eigenvalue weighted by Gasteiger charge is 2.17. The van der Waals surface area contributed by atoms with Crippen LogP contribution in [0.4, 0.5) is 9.18 Å². The lowest BCUT2D eigenvalue weighted by molar-refractivity contribution is 0.133. The second-order valence-corrected chi connectivity index (χ2v) is 6.22. The van der Waals surface area contributed by atoms with Crippen LogP contribution in [-0.4, -0.2) is 40.7 Å². The molecule has 0 atom stereocenters. The SMILES string of the molecule is CC.CC(C)n1cnc2c(F)cccc21.CCC.COC(=O)N1CCCC1. The number of hydrogen-bond acceptors (Lipinski definition) is 3. The van der Waals surface area contributed by atoms with Crippen LogP contribution in [0.25, 0.3) is 11.0 Å². The van der Waals surface area contributed by atoms with Gasteiger partial charge < -0.3 is 14.2 Å². The molecular formula is C21H36FN3O2. The van der Waals surface area contributed by atoms with Crippen LogP contribution in [0.3, 0.4) is 0 Å². The molecule has 0 saturated carbocycles. The van der Waals surface area contributed by atoms with Gasteiger partial charge in [-0.1, -0.05) is 40.2 Å². The number of likely N-dealkylation sites (tertiary alicyclic amines) is 1. The lowest BCUT2D eigenvalue weighted by Gasteiger charge is -2.11. The number of nitrogens with zero attached hydrogens (tertiary/aromatic N) is 3. The van der Waals surface area contributed by atoms with E-state index in [0.717, 1.165) is 31.4 Å². The number of hydrogen-bond donors (Lipinski definition) is 0. The third kappa shape index (κ3) is 7.97. The summed E-state index contributed by atoms with van der Waals surface area (Å²) in [6.07, 6.45) is 4.98. The van der Waals surface area contributed by atoms with E-state index in [4.69, 9.17) is 0 Å². The average Bonchev–Trinajstić information content (AvgIpc) is 3.34. The Labute approximate surface area is 163 Å². The van der Waals surface area contributed by atoms with Crippen LogP contribution < -0.4 is 0 Å². The lowest BCUT2D eigenvalue weighted by atomic mass is 10.3. The number of fused-ring (bicyclic) bond motifs is 1. The summed E-state index contributed by atoms with van der Waals surface area (Å²) in [5, 5.41) is 0. The molecule has 1 fully saturated rings. The quantitative estimate of drug-likeness (QED) is 0.604. The number of imidazole rings is 1. The van der Waals surface area contributed by atoms with Crippen molar-refractivity contribution in [3.05, 3.63) is 30.3 Å². The first-order valence-electron chi connectivity index (χ1n) is 9.90. The zero-order chi connectivity index (χ0) is 20.8. The zero-order valence-corrected chi connectivity index (χ0v) is 18.0. The third-order valence-electron chi connectivity index (χ3n) is 3.65. The number of benzene rings is 1. The molecule has 1 aromatic carbocycles. The fourth-order valence-electron chi connectivity index (χ4n) is 2.46. The molecule has 2 aromatic rings. The highest BCUT2D eigenvalue weighted by Crippen LogP contribution is 2.19. The molecular weight excluding hydrogens is 345 g/mol. The van der Waals surface area contributed by atoms with E-state index < -0.39 is 0 Å². The minimum Gasteiger partial charge on any atom is -0.453 e. The van der Waals surface area contributed by atoms with Crippen molar-refractivity contribution < 1.29 is 13.9 Å². The number of rotatable bonds is 1. The van der Waals surface area contributed by atoms with E-state index in [9.17, 15) is 9.18 Å². The Morgan fingerprint density at radius 3 is 2.26 bits per heavy atom. The first-order chi connectivity index (χ1) is 13.0. The average molecular weight is 382 g/mol. The van der Waals surface area contributed by atoms with E-state index in [-0.39, 0.29) is 11.9 Å². The number of ether oxygens (including phenoxy) is 1. The van der Waals surface area contributed by atoms with Gasteiger partial charge >= 0.3 is 6.09 Å². The molecule has 1 aliphatic heterocycles. The van der Waals surface area contributed by atoms with Gasteiger partial charge in [0.15, 0.2) is 5.82 Å². The van der Waals surface area contributed by atoms with Gasteiger partial charge in [0.05, 0.1) is 19.0 Å². The number of aromatic nitrogens is 2. The van der Waals surface area contributed by atoms with Crippen molar-refractivity contribution in [2.75, 3.05) is 20.2 Å². The summed E-state index contributed by atoms with van der Waals surface area (Å²) in [6, 6.07) is 5.33. The van der Waals surface area contributed by atoms with Crippen molar-refractivity contribution in [1.29, 1.82) is 0 Å². The Morgan fingerprint density at radius 2 is 1.78 bits per heavy atom. The van der Waals surface area contributed by atoms with Crippen LogP contribution in [-0.2, 0) is 4.74 Å². The molecule has 1 aliphatic rings. The van der Waals surface area contributed by atoms with E-state index in [1.165, 1.54) is 19.6 Å². The van der Waals surface area contributed by atoms with Crippen molar-refractivity contribution in [1.82, 2.24) is 14.5 Å². The smallest absolute Gasteiger partial charge is 0.409 e. The van der Waals surface area contributed by atoms with Crippen molar-refractivity contribution in [2.45, 2.75) is 66.8 Å². The fourth-order valence-corrected chi connectivity index (χ4v) is 2.46. The molecule has 0 aliphatic carbocycles. The summed E-state index contributed by atoms with van der Waals surface area (Å²) in [6.45, 7) is 14.1. The maximum Gasteiger partial charge on any atom is 0.409 e. The molecule has 0 spiro atoms. The number of amides is 1. The van der Waals surface area contributed by atoms with Gasteiger partial charge in [-0.05, 0) is 38.8 Å². The summed E-state index contributed by atoms with van der Waals surface area (Å²) < 4.78 is 19.7. The molecule has 5 nitrogen and oxygen atoms in total. The van der Waals surface area contributed by atoms with Gasteiger partial charge in [0, 0.05) is 19.1 Å². The topological polar surface area (TPSA) is 47.4 Å². The van der Waals surface area contributed by atoms with Gasteiger partial charge in [0.2, 0.25) is 0 Å². The summed E-state index contributed by atoms with van der Waals surface area (Å²) in [5.41, 5.74) is 1.31. The number of methoxy groups -OCH3 is 1. The molecule has 1 amide bonds. The first kappa shape index (κ1) is 24.9. The van der Waals surface area contributed by atoms with Crippen LogP contribution in [0.15, 0.2) is 24.5 Å². The van der Waals surface area contributed by atoms with Crippen LogP contribution >= 0.6 is 0 Å². The molecule has 154 valence electrons. The Balaban J connectivity index is 0.000000422. The summed E-state index contributed by atoms with van der Waals surface area (Å²) in [7, 11) is 1.42. The molecule has 27 heavy (non-hydrogen) atoms. The second-order valence-electron chi connectivity index (χ2n) is 6.22. The number of halogens is 1. The highest BCUT2D eigenvalue weighted by molar-refractivity contribution is 5.75. The Kier molecular flexibility index (Phi) is 12.9. The first-order valence-corrected chi connectivity index (χ1v) is 9.90. The molecule has 1 saturated heterocycles. The maximum atomic E-state index is 13.2. The van der Waals surface area contributed by atoms with E-state index >= 15 is 0 Å².